The van der Waals surface area contributed by atoms with Gasteiger partial charge in [0.25, 0.3) is 0 Å². The fourth-order valence-electron chi connectivity index (χ4n) is 1.32. The summed E-state index contributed by atoms with van der Waals surface area (Å²) in [7, 11) is 0. The Morgan fingerprint density at radius 2 is 1.29 bits per heavy atom. The minimum Gasteiger partial charge on any atom is -0.392 e. The van der Waals surface area contributed by atoms with E-state index in [0.29, 0.717) is 0 Å². The molecule has 0 saturated carbocycles. The molecule has 2 N–H and O–H groups in total. The molecular formula is C10H10O2S2. The summed E-state index contributed by atoms with van der Waals surface area (Å²) in [5, 5.41) is 22.2. The van der Waals surface area contributed by atoms with Crippen LogP contribution in [0.2, 0.25) is 0 Å². The van der Waals surface area contributed by atoms with Gasteiger partial charge in [-0.15, -0.1) is 22.7 Å². The van der Waals surface area contributed by atoms with Crippen molar-refractivity contribution in [1.29, 1.82) is 0 Å². The predicted molar refractivity (Wildman–Crippen MR) is 59.5 cm³/mol. The van der Waals surface area contributed by atoms with Crippen LogP contribution in [0.3, 0.4) is 0 Å². The number of hydrogen-bond acceptors (Lipinski definition) is 4. The van der Waals surface area contributed by atoms with Gasteiger partial charge in [0.1, 0.15) is 0 Å². The molecule has 2 aromatic heterocycles. The lowest BCUT2D eigenvalue weighted by molar-refractivity contribution is 0.281. The van der Waals surface area contributed by atoms with Gasteiger partial charge in [-0.3, -0.25) is 0 Å². The zero-order chi connectivity index (χ0) is 9.97. The first kappa shape index (κ1) is 9.86. The third-order valence-electron chi connectivity index (χ3n) is 2.04. The van der Waals surface area contributed by atoms with E-state index in [4.69, 9.17) is 10.2 Å². The quantitative estimate of drug-likeness (QED) is 0.844. The summed E-state index contributed by atoms with van der Waals surface area (Å²) in [6.45, 7) is 0.114. The molecule has 0 aliphatic rings. The fourth-order valence-corrected chi connectivity index (χ4v) is 3.39. The highest BCUT2D eigenvalue weighted by atomic mass is 32.1. The molecule has 2 nitrogen and oxygen atoms in total. The molecule has 0 aliphatic carbocycles. The molecule has 0 bridgehead atoms. The first-order valence-corrected chi connectivity index (χ1v) is 5.97. The smallest absolute Gasteiger partial charge is 0.0696 e. The molecule has 0 atom stereocenters. The molecule has 0 aromatic carbocycles. The van der Waals surface area contributed by atoms with Crippen LogP contribution in [0, 0.1) is 0 Å². The second-order valence-electron chi connectivity index (χ2n) is 2.87. The molecule has 2 heterocycles. The molecule has 74 valence electrons. The first-order chi connectivity index (χ1) is 6.86. The van der Waals surface area contributed by atoms with Crippen LogP contribution in [0.1, 0.15) is 11.1 Å². The Labute approximate surface area is 90.1 Å². The fraction of sp³-hybridized carbons (Fsp3) is 0.200. The van der Waals surface area contributed by atoms with Gasteiger partial charge in [-0.25, -0.2) is 0 Å². The van der Waals surface area contributed by atoms with Crippen LogP contribution < -0.4 is 0 Å². The summed E-state index contributed by atoms with van der Waals surface area (Å²) in [6, 6.07) is 3.84. The molecule has 14 heavy (non-hydrogen) atoms. The van der Waals surface area contributed by atoms with Crippen molar-refractivity contribution in [3.05, 3.63) is 34.0 Å². The summed E-state index contributed by atoms with van der Waals surface area (Å²) in [5.41, 5.74) is 1.87. The molecule has 0 saturated heterocycles. The van der Waals surface area contributed by atoms with Crippen LogP contribution >= 0.6 is 22.7 Å². The van der Waals surface area contributed by atoms with E-state index in [2.05, 4.69) is 0 Å². The van der Waals surface area contributed by atoms with Gasteiger partial charge in [-0.2, -0.15) is 0 Å². The lowest BCUT2D eigenvalue weighted by Gasteiger charge is -2.00. The lowest BCUT2D eigenvalue weighted by atomic mass is 10.2. The molecule has 0 amide bonds. The summed E-state index contributed by atoms with van der Waals surface area (Å²) in [4.78, 5) is 2.15. The topological polar surface area (TPSA) is 40.5 Å². The highest BCUT2D eigenvalue weighted by Gasteiger charge is 2.11. The highest BCUT2D eigenvalue weighted by molar-refractivity contribution is 7.20. The Kier molecular flexibility index (Phi) is 2.98. The van der Waals surface area contributed by atoms with Gasteiger partial charge in [-0.1, -0.05) is 0 Å². The van der Waals surface area contributed by atoms with Gasteiger partial charge in [0.15, 0.2) is 0 Å². The van der Waals surface area contributed by atoms with Crippen LogP contribution in [0.4, 0.5) is 0 Å². The molecule has 0 fully saturated rings. The number of aliphatic hydroxyl groups excluding tert-OH is 2. The van der Waals surface area contributed by atoms with Gasteiger partial charge in [-0.05, 0) is 34.0 Å². The van der Waals surface area contributed by atoms with Crippen LogP contribution in [-0.2, 0) is 13.2 Å². The van der Waals surface area contributed by atoms with Crippen LogP contribution in [0.15, 0.2) is 22.9 Å². The van der Waals surface area contributed by atoms with Gasteiger partial charge in [0.2, 0.25) is 0 Å². The van der Waals surface area contributed by atoms with Crippen molar-refractivity contribution in [2.24, 2.45) is 0 Å². The molecule has 0 radical (unpaired) electrons. The minimum atomic E-state index is 0.0571. The zero-order valence-corrected chi connectivity index (χ0v) is 9.07. The summed E-state index contributed by atoms with van der Waals surface area (Å²) < 4.78 is 0. The Hall–Kier alpha value is -0.680. The monoisotopic (exact) mass is 226 g/mol. The van der Waals surface area contributed by atoms with Gasteiger partial charge < -0.3 is 10.2 Å². The largest absolute Gasteiger partial charge is 0.392 e. The van der Waals surface area contributed by atoms with Crippen molar-refractivity contribution in [3.63, 3.8) is 0 Å². The van der Waals surface area contributed by atoms with E-state index in [1.54, 1.807) is 22.7 Å². The molecule has 0 spiro atoms. The average molecular weight is 226 g/mol. The average Bonchev–Trinajstić information content (AvgIpc) is 2.85. The highest BCUT2D eigenvalue weighted by Crippen LogP contribution is 2.36. The predicted octanol–water partition coefficient (Wildman–Crippen LogP) is 2.46. The molecule has 2 rings (SSSR count). The minimum absolute atomic E-state index is 0.0571. The van der Waals surface area contributed by atoms with Crippen LogP contribution in [-0.4, -0.2) is 10.2 Å². The molecular weight excluding hydrogens is 216 g/mol. The van der Waals surface area contributed by atoms with E-state index in [0.717, 1.165) is 20.9 Å². The van der Waals surface area contributed by atoms with E-state index in [1.165, 1.54) is 0 Å². The van der Waals surface area contributed by atoms with Crippen molar-refractivity contribution in [2.45, 2.75) is 13.2 Å². The van der Waals surface area contributed by atoms with Crippen molar-refractivity contribution in [1.82, 2.24) is 0 Å². The third kappa shape index (κ3) is 1.62. The first-order valence-electron chi connectivity index (χ1n) is 4.21. The summed E-state index contributed by atoms with van der Waals surface area (Å²) in [6.07, 6.45) is 0. The normalized spacial score (nSPS) is 10.7. The van der Waals surface area contributed by atoms with Crippen molar-refractivity contribution < 1.29 is 10.2 Å². The Bertz CT molecular complexity index is 377. The van der Waals surface area contributed by atoms with Crippen molar-refractivity contribution in [3.8, 4) is 9.75 Å². The van der Waals surface area contributed by atoms with E-state index in [9.17, 15) is 0 Å². The maximum Gasteiger partial charge on any atom is 0.0696 e. The van der Waals surface area contributed by atoms with Gasteiger partial charge in [0, 0.05) is 0 Å². The molecule has 0 aliphatic heterocycles. The molecule has 0 unspecified atom stereocenters. The van der Waals surface area contributed by atoms with Crippen LogP contribution in [0.25, 0.3) is 9.75 Å². The second-order valence-corrected chi connectivity index (χ2v) is 4.70. The Morgan fingerprint density at radius 1 is 0.857 bits per heavy atom. The molecule has 2 aromatic rings. The zero-order valence-electron chi connectivity index (χ0n) is 7.43. The SMILES string of the molecule is OCc1ccsc1-c1sccc1CO. The summed E-state index contributed by atoms with van der Waals surface area (Å²) >= 11 is 3.20. The van der Waals surface area contributed by atoms with Crippen molar-refractivity contribution >= 4 is 22.7 Å². The van der Waals surface area contributed by atoms with E-state index in [-0.39, 0.29) is 13.2 Å². The van der Waals surface area contributed by atoms with Gasteiger partial charge >= 0.3 is 0 Å². The van der Waals surface area contributed by atoms with Crippen LogP contribution in [0.5, 0.6) is 0 Å². The van der Waals surface area contributed by atoms with E-state index < -0.39 is 0 Å². The number of rotatable bonds is 3. The Morgan fingerprint density at radius 3 is 1.64 bits per heavy atom. The second kappa shape index (κ2) is 4.23. The maximum atomic E-state index is 9.12. The number of hydrogen-bond donors (Lipinski definition) is 2. The number of aliphatic hydroxyl groups is 2. The lowest BCUT2D eigenvalue weighted by Crippen LogP contribution is -1.85. The van der Waals surface area contributed by atoms with E-state index >= 15 is 0 Å². The Balaban J connectivity index is 2.48. The number of thiophene rings is 2. The maximum absolute atomic E-state index is 9.12. The third-order valence-corrected chi connectivity index (χ3v) is 4.12. The van der Waals surface area contributed by atoms with Gasteiger partial charge in [0.05, 0.1) is 23.0 Å². The van der Waals surface area contributed by atoms with E-state index in [1.807, 2.05) is 22.9 Å². The standard InChI is InChI=1S/C10H10O2S2/c11-5-7-1-3-13-9(7)10-8(6-12)2-4-14-10/h1-4,11-12H,5-6H2. The summed E-state index contributed by atoms with van der Waals surface area (Å²) in [5.74, 6) is 0. The van der Waals surface area contributed by atoms with Crippen molar-refractivity contribution in [2.75, 3.05) is 0 Å². The molecule has 4 heteroatoms.